The molecule has 0 amide bonds. The number of ether oxygens (including phenoxy) is 2. The summed E-state index contributed by atoms with van der Waals surface area (Å²) in [6.07, 6.45) is 7.43. The minimum absolute atomic E-state index is 0.181. The van der Waals surface area contributed by atoms with Crippen molar-refractivity contribution in [3.8, 4) is 0 Å². The third kappa shape index (κ3) is 5.36. The number of carbonyl (C=O) groups excluding carboxylic acids is 2. The third-order valence-corrected chi connectivity index (χ3v) is 12.0. The number of halogens is 2. The standard InChI is InChI=1S/C31H48BrFO5/c1-17(8-11-26(33)29(4,5)36)22-9-10-23-28-24(12-13-30(22,23)6)31(7)20(15-25(28)32)14-21(37-18(2)34)16-27(31)38-19(3)35/h15,17,21-28,36H,8-14,16H2,1-7H3/t17-,21-,22-,23+,24+,25?,26+,27+,28+,30-,31+/m1/s1. The smallest absolute Gasteiger partial charge is 0.302 e. The summed E-state index contributed by atoms with van der Waals surface area (Å²) >= 11 is 4.08. The molecule has 4 rings (SSSR count). The fourth-order valence-corrected chi connectivity index (χ4v) is 10.3. The zero-order valence-electron chi connectivity index (χ0n) is 24.3. The van der Waals surface area contributed by atoms with Crippen LogP contribution in [0.3, 0.4) is 0 Å². The van der Waals surface area contributed by atoms with E-state index in [2.05, 4.69) is 42.8 Å². The zero-order valence-corrected chi connectivity index (χ0v) is 25.9. The largest absolute Gasteiger partial charge is 0.462 e. The van der Waals surface area contributed by atoms with Gasteiger partial charge in [0, 0.05) is 36.9 Å². The van der Waals surface area contributed by atoms with E-state index in [1.807, 2.05) is 0 Å². The van der Waals surface area contributed by atoms with Crippen LogP contribution in [-0.4, -0.2) is 45.9 Å². The van der Waals surface area contributed by atoms with Crippen molar-refractivity contribution in [1.29, 1.82) is 0 Å². The molecule has 0 aromatic rings. The molecule has 0 aromatic carbocycles. The van der Waals surface area contributed by atoms with Gasteiger partial charge in [0.15, 0.2) is 0 Å². The highest BCUT2D eigenvalue weighted by atomic mass is 79.9. The van der Waals surface area contributed by atoms with E-state index >= 15 is 0 Å². The second-order valence-corrected chi connectivity index (χ2v) is 14.9. The molecule has 38 heavy (non-hydrogen) atoms. The number of carbonyl (C=O) groups is 2. The molecule has 0 heterocycles. The quantitative estimate of drug-likeness (QED) is 0.195. The molecule has 11 atom stereocenters. The summed E-state index contributed by atoms with van der Waals surface area (Å²) in [5.74, 6) is 1.67. The average Bonchev–Trinajstić information content (AvgIpc) is 3.14. The van der Waals surface area contributed by atoms with Crippen molar-refractivity contribution in [3.63, 3.8) is 0 Å². The van der Waals surface area contributed by atoms with Gasteiger partial charge in [0.25, 0.3) is 0 Å². The van der Waals surface area contributed by atoms with Gasteiger partial charge in [0.1, 0.15) is 18.4 Å². The second-order valence-electron chi connectivity index (χ2n) is 13.9. The molecule has 0 aromatic heterocycles. The maximum absolute atomic E-state index is 14.6. The highest BCUT2D eigenvalue weighted by Crippen LogP contribution is 2.68. The zero-order chi connectivity index (χ0) is 28.2. The molecule has 0 aliphatic heterocycles. The minimum atomic E-state index is -1.29. The molecule has 0 radical (unpaired) electrons. The van der Waals surface area contributed by atoms with Gasteiger partial charge in [-0.05, 0) is 87.4 Å². The van der Waals surface area contributed by atoms with Gasteiger partial charge < -0.3 is 14.6 Å². The van der Waals surface area contributed by atoms with Crippen LogP contribution in [0.4, 0.5) is 4.39 Å². The van der Waals surface area contributed by atoms with Crippen molar-refractivity contribution in [2.45, 2.75) is 129 Å². The van der Waals surface area contributed by atoms with Crippen LogP contribution in [0.15, 0.2) is 11.6 Å². The Hall–Kier alpha value is -0.950. The van der Waals surface area contributed by atoms with E-state index < -0.39 is 11.8 Å². The van der Waals surface area contributed by atoms with Crippen LogP contribution < -0.4 is 0 Å². The lowest BCUT2D eigenvalue weighted by atomic mass is 9.46. The maximum atomic E-state index is 14.6. The van der Waals surface area contributed by atoms with E-state index in [-0.39, 0.29) is 39.8 Å². The summed E-state index contributed by atoms with van der Waals surface area (Å²) in [6, 6.07) is 0. The van der Waals surface area contributed by atoms with Crippen LogP contribution in [0.2, 0.25) is 0 Å². The van der Waals surface area contributed by atoms with Crippen molar-refractivity contribution in [2.75, 3.05) is 0 Å². The van der Waals surface area contributed by atoms with Crippen molar-refractivity contribution in [2.24, 2.45) is 40.4 Å². The minimum Gasteiger partial charge on any atom is -0.462 e. The van der Waals surface area contributed by atoms with Gasteiger partial charge in [-0.2, -0.15) is 0 Å². The molecule has 1 N–H and O–H groups in total. The van der Waals surface area contributed by atoms with Crippen LogP contribution in [0, 0.1) is 40.4 Å². The first-order chi connectivity index (χ1) is 17.6. The van der Waals surface area contributed by atoms with Gasteiger partial charge in [-0.15, -0.1) is 0 Å². The Kier molecular flexibility index (Phi) is 8.53. The molecule has 0 bridgehead atoms. The van der Waals surface area contributed by atoms with Crippen LogP contribution in [0.5, 0.6) is 0 Å². The summed E-state index contributed by atoms with van der Waals surface area (Å²) < 4.78 is 26.2. The van der Waals surface area contributed by atoms with E-state index in [0.717, 1.165) is 32.1 Å². The van der Waals surface area contributed by atoms with Crippen LogP contribution in [0.1, 0.15) is 99.8 Å². The molecule has 0 spiro atoms. The lowest BCUT2D eigenvalue weighted by Crippen LogP contribution is -2.59. The fourth-order valence-electron chi connectivity index (χ4n) is 9.24. The Morgan fingerprint density at radius 1 is 1.13 bits per heavy atom. The number of allylic oxidation sites excluding steroid dienone is 1. The topological polar surface area (TPSA) is 72.8 Å². The molecule has 1 unspecified atom stereocenters. The molecule has 3 fully saturated rings. The Labute approximate surface area is 236 Å². The third-order valence-electron chi connectivity index (χ3n) is 11.2. The van der Waals surface area contributed by atoms with Crippen LogP contribution in [0.25, 0.3) is 0 Å². The Morgan fingerprint density at radius 3 is 2.39 bits per heavy atom. The SMILES string of the molecule is CC(=O)O[C@@H]1CC2=CC(Br)[C@H]3[C@@H]4CC[C@H]([C@H](C)CC[C@H](F)C(C)(C)O)[C@@]4(C)CC[C@@H]3[C@@]2(C)[C@@H](OC(C)=O)C1. The van der Waals surface area contributed by atoms with E-state index in [9.17, 15) is 19.1 Å². The maximum Gasteiger partial charge on any atom is 0.302 e. The monoisotopic (exact) mass is 598 g/mol. The number of esters is 2. The Morgan fingerprint density at radius 2 is 1.79 bits per heavy atom. The van der Waals surface area contributed by atoms with Crippen molar-refractivity contribution >= 4 is 27.9 Å². The summed E-state index contributed by atoms with van der Waals surface area (Å²) in [6.45, 7) is 13.0. The Balaban J connectivity index is 1.59. The summed E-state index contributed by atoms with van der Waals surface area (Å²) in [7, 11) is 0. The molecular weight excluding hydrogens is 551 g/mol. The van der Waals surface area contributed by atoms with Gasteiger partial charge in [-0.25, -0.2) is 4.39 Å². The number of hydrogen-bond acceptors (Lipinski definition) is 5. The number of aliphatic hydroxyl groups is 1. The van der Waals surface area contributed by atoms with Crippen LogP contribution in [-0.2, 0) is 19.1 Å². The van der Waals surface area contributed by atoms with Crippen molar-refractivity contribution in [3.05, 3.63) is 11.6 Å². The Bertz CT molecular complexity index is 945. The lowest BCUT2D eigenvalue weighted by Gasteiger charge is -2.61. The first kappa shape index (κ1) is 30.0. The van der Waals surface area contributed by atoms with Crippen LogP contribution >= 0.6 is 15.9 Å². The normalized spacial score (nSPS) is 42.2. The molecule has 7 heteroatoms. The molecule has 4 aliphatic rings. The first-order valence-corrected chi connectivity index (χ1v) is 15.6. The predicted octanol–water partition coefficient (Wildman–Crippen LogP) is 6.94. The van der Waals surface area contributed by atoms with E-state index in [4.69, 9.17) is 9.47 Å². The summed E-state index contributed by atoms with van der Waals surface area (Å²) in [5.41, 5.74) is -0.147. The van der Waals surface area contributed by atoms with Gasteiger partial charge in [0.2, 0.25) is 0 Å². The highest BCUT2D eigenvalue weighted by Gasteiger charge is 2.63. The molecule has 5 nitrogen and oxygen atoms in total. The molecule has 4 aliphatic carbocycles. The number of fused-ring (bicyclic) bond motifs is 5. The van der Waals surface area contributed by atoms with Crippen molar-refractivity contribution in [1.82, 2.24) is 0 Å². The second kappa shape index (κ2) is 10.8. The predicted molar refractivity (Wildman–Crippen MR) is 149 cm³/mol. The van der Waals surface area contributed by atoms with E-state index in [1.54, 1.807) is 13.8 Å². The highest BCUT2D eigenvalue weighted by molar-refractivity contribution is 9.09. The summed E-state index contributed by atoms with van der Waals surface area (Å²) in [5, 5.41) is 10.1. The molecular formula is C31H48BrFO5. The van der Waals surface area contributed by atoms with Gasteiger partial charge in [0.05, 0.1) is 5.60 Å². The average molecular weight is 600 g/mol. The summed E-state index contributed by atoms with van der Waals surface area (Å²) in [4.78, 5) is 24.2. The number of rotatable bonds is 7. The van der Waals surface area contributed by atoms with E-state index in [1.165, 1.54) is 19.4 Å². The molecule has 216 valence electrons. The first-order valence-electron chi connectivity index (χ1n) is 14.6. The number of hydrogen-bond donors (Lipinski definition) is 1. The van der Waals surface area contributed by atoms with E-state index in [0.29, 0.717) is 48.9 Å². The van der Waals surface area contributed by atoms with Gasteiger partial charge in [-0.1, -0.05) is 48.4 Å². The molecule has 3 saturated carbocycles. The van der Waals surface area contributed by atoms with Gasteiger partial charge >= 0.3 is 11.9 Å². The number of alkyl halides is 2. The van der Waals surface area contributed by atoms with Crippen molar-refractivity contribution < 1.29 is 28.6 Å². The fraction of sp³-hybridized carbons (Fsp3) is 0.871. The van der Waals surface area contributed by atoms with Gasteiger partial charge in [-0.3, -0.25) is 9.59 Å². The lowest BCUT2D eigenvalue weighted by molar-refractivity contribution is -0.171. The molecule has 0 saturated heterocycles.